The quantitative estimate of drug-likeness (QED) is 0.668. The number of nitrogens with one attached hydrogen (secondary N) is 1. The van der Waals surface area contributed by atoms with Crippen molar-refractivity contribution in [2.75, 3.05) is 32.8 Å². The van der Waals surface area contributed by atoms with E-state index >= 15 is 0 Å². The van der Waals surface area contributed by atoms with Crippen LogP contribution in [-0.4, -0.2) is 51.5 Å². The first-order valence-electron chi connectivity index (χ1n) is 9.53. The van der Waals surface area contributed by atoms with Gasteiger partial charge in [0.15, 0.2) is 0 Å². The number of rotatable bonds is 9. The van der Waals surface area contributed by atoms with Crippen molar-refractivity contribution in [1.82, 2.24) is 9.62 Å². The Balaban J connectivity index is 1.51. The summed E-state index contributed by atoms with van der Waals surface area (Å²) >= 11 is 0. The highest BCUT2D eigenvalue weighted by molar-refractivity contribution is 7.89. The van der Waals surface area contributed by atoms with Crippen LogP contribution in [0.1, 0.15) is 48.9 Å². The first-order valence-corrected chi connectivity index (χ1v) is 11.0. The van der Waals surface area contributed by atoms with E-state index in [9.17, 15) is 13.2 Å². The van der Waals surface area contributed by atoms with E-state index in [-0.39, 0.29) is 10.8 Å². The fraction of sp³-hybridized carbons (Fsp3) is 0.632. The molecule has 0 radical (unpaired) electrons. The van der Waals surface area contributed by atoms with Crippen molar-refractivity contribution >= 4 is 15.9 Å². The summed E-state index contributed by atoms with van der Waals surface area (Å²) < 4.78 is 32.5. The maximum Gasteiger partial charge on any atom is 0.251 e. The number of amides is 1. The SMILES string of the molecule is O=C(NCCCOCC1CC1)c1cccc(S(=O)(=O)N2CCCCC2)c1. The van der Waals surface area contributed by atoms with Crippen molar-refractivity contribution in [3.8, 4) is 0 Å². The predicted molar refractivity (Wildman–Crippen MR) is 99.5 cm³/mol. The molecule has 2 aliphatic rings. The molecule has 0 spiro atoms. The molecule has 0 atom stereocenters. The van der Waals surface area contributed by atoms with Crippen LogP contribution >= 0.6 is 0 Å². The van der Waals surface area contributed by atoms with Crippen LogP contribution in [0, 0.1) is 5.92 Å². The molecule has 0 aromatic heterocycles. The highest BCUT2D eigenvalue weighted by Crippen LogP contribution is 2.28. The van der Waals surface area contributed by atoms with Crippen molar-refractivity contribution in [3.05, 3.63) is 29.8 Å². The molecule has 6 nitrogen and oxygen atoms in total. The number of hydrogen-bond donors (Lipinski definition) is 1. The molecule has 1 saturated heterocycles. The Kier molecular flexibility index (Phi) is 6.67. The lowest BCUT2D eigenvalue weighted by Gasteiger charge is -2.26. The van der Waals surface area contributed by atoms with Crippen molar-refractivity contribution in [2.24, 2.45) is 5.92 Å². The third kappa shape index (κ3) is 5.28. The second-order valence-electron chi connectivity index (χ2n) is 7.12. The average Bonchev–Trinajstić information content (AvgIpc) is 3.49. The molecule has 0 bridgehead atoms. The number of piperidine rings is 1. The molecule has 1 amide bonds. The smallest absolute Gasteiger partial charge is 0.251 e. The van der Waals surface area contributed by atoms with Gasteiger partial charge in [0.05, 0.1) is 4.90 Å². The minimum absolute atomic E-state index is 0.194. The van der Waals surface area contributed by atoms with Gasteiger partial charge in [0, 0.05) is 38.4 Å². The fourth-order valence-electron chi connectivity index (χ4n) is 3.06. The third-order valence-corrected chi connectivity index (χ3v) is 6.75. The van der Waals surface area contributed by atoms with Crippen LogP contribution in [0.15, 0.2) is 29.2 Å². The van der Waals surface area contributed by atoms with Gasteiger partial charge >= 0.3 is 0 Å². The first-order chi connectivity index (χ1) is 12.6. The number of hydrogen-bond acceptors (Lipinski definition) is 4. The second-order valence-corrected chi connectivity index (χ2v) is 9.06. The summed E-state index contributed by atoms with van der Waals surface area (Å²) in [5.41, 5.74) is 0.377. The Bertz CT molecular complexity index is 710. The lowest BCUT2D eigenvalue weighted by Crippen LogP contribution is -2.35. The monoisotopic (exact) mass is 380 g/mol. The number of sulfonamides is 1. The van der Waals surface area contributed by atoms with Gasteiger partial charge in [-0.2, -0.15) is 4.31 Å². The minimum atomic E-state index is -3.52. The summed E-state index contributed by atoms with van der Waals surface area (Å²) in [5.74, 6) is 0.497. The Hall–Kier alpha value is -1.44. The van der Waals surface area contributed by atoms with E-state index in [0.717, 1.165) is 38.2 Å². The largest absolute Gasteiger partial charge is 0.381 e. The highest BCUT2D eigenvalue weighted by Gasteiger charge is 2.26. The Morgan fingerprint density at radius 2 is 1.96 bits per heavy atom. The number of ether oxygens (including phenoxy) is 1. The number of carbonyl (C=O) groups excluding carboxylic acids is 1. The third-order valence-electron chi connectivity index (χ3n) is 4.85. The van der Waals surface area contributed by atoms with Crippen molar-refractivity contribution in [3.63, 3.8) is 0 Å². The van der Waals surface area contributed by atoms with Gasteiger partial charge in [-0.05, 0) is 56.2 Å². The molecule has 0 unspecified atom stereocenters. The van der Waals surface area contributed by atoms with Crippen LogP contribution in [0.2, 0.25) is 0 Å². The average molecular weight is 381 g/mol. The van der Waals surface area contributed by atoms with Crippen LogP contribution in [-0.2, 0) is 14.8 Å². The first kappa shape index (κ1) is 19.3. The van der Waals surface area contributed by atoms with Crippen molar-refractivity contribution in [1.29, 1.82) is 0 Å². The standard InChI is InChI=1S/C19H28N2O4S/c22-19(20-10-5-13-25-15-16-8-9-16)17-6-4-7-18(14-17)26(23,24)21-11-2-1-3-12-21/h4,6-7,14,16H,1-3,5,8-13,15H2,(H,20,22). The maximum atomic E-state index is 12.7. The molecule has 1 aliphatic carbocycles. The zero-order valence-electron chi connectivity index (χ0n) is 15.2. The van der Waals surface area contributed by atoms with E-state index in [4.69, 9.17) is 4.74 Å². The molecule has 2 fully saturated rings. The topological polar surface area (TPSA) is 75.7 Å². The summed E-state index contributed by atoms with van der Waals surface area (Å²) in [7, 11) is -3.52. The zero-order valence-corrected chi connectivity index (χ0v) is 16.0. The molecule has 1 saturated carbocycles. The van der Waals surface area contributed by atoms with Crippen LogP contribution in [0.25, 0.3) is 0 Å². The molecule has 144 valence electrons. The fourth-order valence-corrected chi connectivity index (χ4v) is 4.63. The molecule has 1 aromatic carbocycles. The van der Waals surface area contributed by atoms with E-state index in [1.807, 2.05) is 0 Å². The minimum Gasteiger partial charge on any atom is -0.381 e. The molecule has 1 aromatic rings. The number of nitrogens with zero attached hydrogens (tertiary/aromatic N) is 1. The van der Waals surface area contributed by atoms with Gasteiger partial charge in [0.25, 0.3) is 5.91 Å². The number of benzene rings is 1. The molecule has 7 heteroatoms. The van der Waals surface area contributed by atoms with Crippen LogP contribution in [0.3, 0.4) is 0 Å². The molecule has 1 aliphatic heterocycles. The Labute approximate surface area is 156 Å². The van der Waals surface area contributed by atoms with Crippen LogP contribution in [0.4, 0.5) is 0 Å². The summed E-state index contributed by atoms with van der Waals surface area (Å²) in [6.45, 7) is 3.09. The summed E-state index contributed by atoms with van der Waals surface area (Å²) in [6.07, 6.45) is 6.15. The Morgan fingerprint density at radius 1 is 1.19 bits per heavy atom. The second kappa shape index (κ2) is 8.97. The van der Waals surface area contributed by atoms with Gasteiger partial charge in [-0.3, -0.25) is 4.79 Å². The summed E-state index contributed by atoms with van der Waals surface area (Å²) in [5, 5.41) is 2.83. The zero-order chi connectivity index (χ0) is 18.4. The van der Waals surface area contributed by atoms with Crippen molar-refractivity contribution in [2.45, 2.75) is 43.4 Å². The van der Waals surface area contributed by atoms with E-state index in [2.05, 4.69) is 5.32 Å². The van der Waals surface area contributed by atoms with Gasteiger partial charge in [-0.1, -0.05) is 12.5 Å². The van der Waals surface area contributed by atoms with E-state index < -0.39 is 10.0 Å². The van der Waals surface area contributed by atoms with E-state index in [0.29, 0.717) is 31.8 Å². The maximum absolute atomic E-state index is 12.7. The molecule has 1 heterocycles. The van der Waals surface area contributed by atoms with E-state index in [1.54, 1.807) is 18.2 Å². The van der Waals surface area contributed by atoms with Gasteiger partial charge in [0.2, 0.25) is 10.0 Å². The van der Waals surface area contributed by atoms with Crippen LogP contribution in [0.5, 0.6) is 0 Å². The Morgan fingerprint density at radius 3 is 2.69 bits per heavy atom. The summed E-state index contributed by atoms with van der Waals surface area (Å²) in [6, 6.07) is 6.31. The van der Waals surface area contributed by atoms with Crippen LogP contribution < -0.4 is 5.32 Å². The van der Waals surface area contributed by atoms with E-state index in [1.165, 1.54) is 23.2 Å². The molecule has 1 N–H and O–H groups in total. The lowest BCUT2D eigenvalue weighted by atomic mass is 10.2. The van der Waals surface area contributed by atoms with Gasteiger partial charge in [-0.15, -0.1) is 0 Å². The molecule has 26 heavy (non-hydrogen) atoms. The van der Waals surface area contributed by atoms with Gasteiger partial charge < -0.3 is 10.1 Å². The molecular formula is C19H28N2O4S. The molecule has 3 rings (SSSR count). The molecular weight excluding hydrogens is 352 g/mol. The van der Waals surface area contributed by atoms with Gasteiger partial charge in [-0.25, -0.2) is 8.42 Å². The lowest BCUT2D eigenvalue weighted by molar-refractivity contribution is 0.0937. The normalized spacial score (nSPS) is 18.6. The number of carbonyl (C=O) groups is 1. The van der Waals surface area contributed by atoms with Crippen molar-refractivity contribution < 1.29 is 17.9 Å². The summed E-state index contributed by atoms with van der Waals surface area (Å²) in [4.78, 5) is 12.5. The highest BCUT2D eigenvalue weighted by atomic mass is 32.2. The van der Waals surface area contributed by atoms with Gasteiger partial charge in [0.1, 0.15) is 0 Å². The predicted octanol–water partition coefficient (Wildman–Crippen LogP) is 2.41.